The van der Waals surface area contributed by atoms with E-state index in [0.29, 0.717) is 26.1 Å². The molecule has 2 heterocycles. The summed E-state index contributed by atoms with van der Waals surface area (Å²) in [5.41, 5.74) is -0.770. The van der Waals surface area contributed by atoms with Crippen LogP contribution in [0.15, 0.2) is 0 Å². The molecule has 2 fully saturated rings. The van der Waals surface area contributed by atoms with E-state index in [-0.39, 0.29) is 24.4 Å². The van der Waals surface area contributed by atoms with Crippen LogP contribution in [0.4, 0.5) is 0 Å². The Hall–Kier alpha value is -1.14. The molecule has 2 atom stereocenters. The summed E-state index contributed by atoms with van der Waals surface area (Å²) in [6.45, 7) is 3.20. The van der Waals surface area contributed by atoms with Gasteiger partial charge in [-0.2, -0.15) is 0 Å². The van der Waals surface area contributed by atoms with Crippen LogP contribution >= 0.6 is 0 Å². The minimum Gasteiger partial charge on any atom is -0.388 e. The first-order chi connectivity index (χ1) is 7.48. The summed E-state index contributed by atoms with van der Waals surface area (Å²) in [7, 11) is 0. The van der Waals surface area contributed by atoms with Crippen LogP contribution in [-0.4, -0.2) is 59.6 Å². The molecule has 6 nitrogen and oxygen atoms in total. The van der Waals surface area contributed by atoms with E-state index in [4.69, 9.17) is 0 Å². The molecule has 2 unspecified atom stereocenters. The van der Waals surface area contributed by atoms with Crippen molar-refractivity contribution in [3.05, 3.63) is 0 Å². The fourth-order valence-corrected chi connectivity index (χ4v) is 2.09. The van der Waals surface area contributed by atoms with Crippen molar-refractivity contribution in [1.29, 1.82) is 0 Å². The van der Waals surface area contributed by atoms with Crippen LogP contribution in [0.1, 0.15) is 13.3 Å². The van der Waals surface area contributed by atoms with Gasteiger partial charge in [-0.25, -0.2) is 0 Å². The molecule has 90 valence electrons. The Kier molecular flexibility index (Phi) is 2.86. The number of aliphatic hydroxyl groups is 1. The maximum Gasteiger partial charge on any atom is 0.241 e. The molecule has 6 heteroatoms. The third-order valence-corrected chi connectivity index (χ3v) is 3.07. The summed E-state index contributed by atoms with van der Waals surface area (Å²) in [5.74, 6) is -0.129. The number of β-amino-alcohol motifs (C(OH)–C–C–N with tert-alkyl or cyclic N) is 1. The van der Waals surface area contributed by atoms with E-state index in [2.05, 4.69) is 10.6 Å². The molecule has 2 saturated heterocycles. The van der Waals surface area contributed by atoms with Crippen LogP contribution in [0, 0.1) is 0 Å². The number of piperazine rings is 1. The molecule has 0 aromatic carbocycles. The summed E-state index contributed by atoms with van der Waals surface area (Å²) in [5, 5.41) is 15.3. The van der Waals surface area contributed by atoms with Crippen molar-refractivity contribution in [2.45, 2.75) is 25.0 Å². The Bertz CT molecular complexity index is 306. The smallest absolute Gasteiger partial charge is 0.241 e. The van der Waals surface area contributed by atoms with Gasteiger partial charge in [0, 0.05) is 19.6 Å². The predicted molar refractivity (Wildman–Crippen MR) is 56.6 cm³/mol. The lowest BCUT2D eigenvalue weighted by Crippen LogP contribution is -2.58. The lowest BCUT2D eigenvalue weighted by molar-refractivity contribution is -0.134. The van der Waals surface area contributed by atoms with E-state index in [0.717, 1.165) is 0 Å². The molecule has 0 radical (unpaired) electrons. The number of hydrogen-bond acceptors (Lipinski definition) is 4. The summed E-state index contributed by atoms with van der Waals surface area (Å²) < 4.78 is 0. The molecule has 0 saturated carbocycles. The van der Waals surface area contributed by atoms with Gasteiger partial charge >= 0.3 is 0 Å². The van der Waals surface area contributed by atoms with E-state index in [1.54, 1.807) is 11.8 Å². The zero-order chi connectivity index (χ0) is 11.8. The Morgan fingerprint density at radius 1 is 1.62 bits per heavy atom. The molecule has 0 spiro atoms. The number of carbonyl (C=O) groups is 2. The van der Waals surface area contributed by atoms with Gasteiger partial charge in [0.15, 0.2) is 0 Å². The summed E-state index contributed by atoms with van der Waals surface area (Å²) in [6, 6.07) is -0.355. The van der Waals surface area contributed by atoms with Crippen molar-refractivity contribution in [1.82, 2.24) is 15.5 Å². The molecule has 0 aromatic heterocycles. The van der Waals surface area contributed by atoms with Gasteiger partial charge in [0.2, 0.25) is 11.8 Å². The fourth-order valence-electron chi connectivity index (χ4n) is 2.09. The van der Waals surface area contributed by atoms with E-state index < -0.39 is 5.60 Å². The van der Waals surface area contributed by atoms with E-state index >= 15 is 0 Å². The Balaban J connectivity index is 1.91. The molecule has 2 rings (SSSR count). The van der Waals surface area contributed by atoms with Crippen LogP contribution in [-0.2, 0) is 9.59 Å². The molecule has 2 aliphatic heterocycles. The van der Waals surface area contributed by atoms with Crippen molar-refractivity contribution in [3.63, 3.8) is 0 Å². The van der Waals surface area contributed by atoms with Gasteiger partial charge in [0.25, 0.3) is 0 Å². The molecular weight excluding hydrogens is 210 g/mol. The van der Waals surface area contributed by atoms with Gasteiger partial charge in [0.05, 0.1) is 12.1 Å². The van der Waals surface area contributed by atoms with Gasteiger partial charge in [0.1, 0.15) is 6.04 Å². The number of likely N-dealkylation sites (tertiary alicyclic amines) is 1. The molecule has 2 amide bonds. The number of hydrogen-bond donors (Lipinski definition) is 3. The number of nitrogens with one attached hydrogen (secondary N) is 2. The van der Waals surface area contributed by atoms with Gasteiger partial charge in [-0.3, -0.25) is 14.9 Å². The van der Waals surface area contributed by atoms with Crippen LogP contribution in [0.5, 0.6) is 0 Å². The second kappa shape index (κ2) is 4.03. The van der Waals surface area contributed by atoms with E-state index in [1.165, 1.54) is 0 Å². The number of rotatable bonds is 1. The molecule has 16 heavy (non-hydrogen) atoms. The second-order valence-electron chi connectivity index (χ2n) is 4.74. The summed E-state index contributed by atoms with van der Waals surface area (Å²) in [4.78, 5) is 24.6. The summed E-state index contributed by atoms with van der Waals surface area (Å²) in [6.07, 6.45) is 0.609. The standard InChI is InChI=1S/C10H17N3O3/c1-10(16)2-3-13(6-10)9(15)7-4-12-8(14)5-11-7/h7,11,16H,2-6H2,1H3,(H,12,14). The van der Waals surface area contributed by atoms with Crippen molar-refractivity contribution >= 4 is 11.8 Å². The van der Waals surface area contributed by atoms with E-state index in [1.807, 2.05) is 0 Å². The molecule has 0 bridgehead atoms. The lowest BCUT2D eigenvalue weighted by Gasteiger charge is -2.28. The largest absolute Gasteiger partial charge is 0.388 e. The average Bonchev–Trinajstić information content (AvgIpc) is 2.59. The SMILES string of the molecule is CC1(O)CCN(C(=O)C2CNC(=O)CN2)C1. The van der Waals surface area contributed by atoms with Crippen LogP contribution in [0.25, 0.3) is 0 Å². The van der Waals surface area contributed by atoms with Crippen LogP contribution < -0.4 is 10.6 Å². The Morgan fingerprint density at radius 2 is 2.38 bits per heavy atom. The quantitative estimate of drug-likeness (QED) is 0.487. The first-order valence-corrected chi connectivity index (χ1v) is 5.49. The van der Waals surface area contributed by atoms with Crippen molar-refractivity contribution in [2.75, 3.05) is 26.2 Å². The molecule has 2 aliphatic rings. The Morgan fingerprint density at radius 3 is 2.88 bits per heavy atom. The normalized spacial score (nSPS) is 35.0. The van der Waals surface area contributed by atoms with Gasteiger partial charge in [-0.05, 0) is 13.3 Å². The topological polar surface area (TPSA) is 81.7 Å². The molecular formula is C10H17N3O3. The highest BCUT2D eigenvalue weighted by Gasteiger charge is 2.37. The second-order valence-corrected chi connectivity index (χ2v) is 4.74. The van der Waals surface area contributed by atoms with Crippen LogP contribution in [0.3, 0.4) is 0 Å². The third kappa shape index (κ3) is 2.33. The average molecular weight is 227 g/mol. The van der Waals surface area contributed by atoms with Gasteiger partial charge in [-0.1, -0.05) is 0 Å². The third-order valence-electron chi connectivity index (χ3n) is 3.07. The summed E-state index contributed by atoms with van der Waals surface area (Å²) >= 11 is 0. The minimum absolute atomic E-state index is 0.0437. The zero-order valence-electron chi connectivity index (χ0n) is 9.32. The van der Waals surface area contributed by atoms with E-state index in [9.17, 15) is 14.7 Å². The number of nitrogens with zero attached hydrogens (tertiary/aromatic N) is 1. The highest BCUT2D eigenvalue weighted by Crippen LogP contribution is 2.20. The maximum absolute atomic E-state index is 12.0. The number of carbonyl (C=O) groups excluding carboxylic acids is 2. The molecule has 0 aromatic rings. The zero-order valence-corrected chi connectivity index (χ0v) is 9.32. The molecule has 3 N–H and O–H groups in total. The predicted octanol–water partition coefficient (Wildman–Crippen LogP) is -1.94. The van der Waals surface area contributed by atoms with Gasteiger partial charge in [-0.15, -0.1) is 0 Å². The first kappa shape index (κ1) is 11.3. The number of amides is 2. The Labute approximate surface area is 94.0 Å². The van der Waals surface area contributed by atoms with Crippen molar-refractivity contribution < 1.29 is 14.7 Å². The van der Waals surface area contributed by atoms with Gasteiger partial charge < -0.3 is 15.3 Å². The highest BCUT2D eigenvalue weighted by molar-refractivity contribution is 5.87. The fraction of sp³-hybridized carbons (Fsp3) is 0.800. The van der Waals surface area contributed by atoms with Crippen LogP contribution in [0.2, 0.25) is 0 Å². The molecule has 0 aliphatic carbocycles. The minimum atomic E-state index is -0.770. The van der Waals surface area contributed by atoms with Crippen molar-refractivity contribution in [2.24, 2.45) is 0 Å². The van der Waals surface area contributed by atoms with Crippen molar-refractivity contribution in [3.8, 4) is 0 Å². The monoisotopic (exact) mass is 227 g/mol. The maximum atomic E-state index is 12.0. The highest BCUT2D eigenvalue weighted by atomic mass is 16.3. The first-order valence-electron chi connectivity index (χ1n) is 5.49. The lowest BCUT2D eigenvalue weighted by atomic mass is 10.1.